The van der Waals surface area contributed by atoms with Crippen LogP contribution in [0.15, 0.2) is 35.8 Å². The molecule has 3 rings (SSSR count). The Bertz CT molecular complexity index is 674. The smallest absolute Gasteiger partial charge is 0.344 e. The van der Waals surface area contributed by atoms with Crippen molar-refractivity contribution >= 4 is 42.2 Å². The van der Waals surface area contributed by atoms with Gasteiger partial charge in [-0.3, -0.25) is 0 Å². The summed E-state index contributed by atoms with van der Waals surface area (Å²) in [5.41, 5.74) is 0.863. The molecule has 7 heteroatoms. The highest BCUT2D eigenvalue weighted by molar-refractivity contribution is 7.13. The molecule has 0 aliphatic carbocycles. The minimum absolute atomic E-state index is 0.0208. The van der Waals surface area contributed by atoms with E-state index in [4.69, 9.17) is 0 Å². The number of hydrogen-bond acceptors (Lipinski definition) is 4. The second-order valence-corrected chi connectivity index (χ2v) is 9.76. The summed E-state index contributed by atoms with van der Waals surface area (Å²) in [6.45, 7) is 8.97. The maximum Gasteiger partial charge on any atom is 0.345 e. The topological polar surface area (TPSA) is 48.5 Å². The second-order valence-electron chi connectivity index (χ2n) is 6.31. The number of benzene rings is 1. The van der Waals surface area contributed by atoms with Gasteiger partial charge in [0.05, 0.1) is 18.3 Å². The van der Waals surface area contributed by atoms with Gasteiger partial charge in [-0.25, -0.2) is 9.78 Å². The number of urea groups is 1. The standard InChI is InChI=1S/C17H22N4OSSi/c1-13-12-20(17-18-8-11-23-17)9-10-21(13)16(22)19-14-4-6-15(7-5-14)24(2)3/h4-8,11,13H,9-10,12H2,1-3H3/p+1/t13-/m1/s1. The number of carbonyl (C=O) groups excluding carboxylic acids is 1. The van der Waals surface area contributed by atoms with Crippen LogP contribution in [0.5, 0.6) is 0 Å². The third kappa shape index (κ3) is 3.79. The lowest BCUT2D eigenvalue weighted by molar-refractivity contribution is 0.185. The minimum atomic E-state index is -0.446. The maximum absolute atomic E-state index is 12.6. The van der Waals surface area contributed by atoms with Crippen LogP contribution < -0.4 is 15.4 Å². The molecule has 1 aliphatic heterocycles. The average Bonchev–Trinajstić information content (AvgIpc) is 3.09. The number of piperazine rings is 1. The van der Waals surface area contributed by atoms with Crippen LogP contribution in [0.4, 0.5) is 15.6 Å². The normalized spacial score (nSPS) is 17.7. The van der Waals surface area contributed by atoms with E-state index in [1.165, 1.54) is 5.19 Å². The fourth-order valence-electron chi connectivity index (χ4n) is 2.89. The van der Waals surface area contributed by atoms with Gasteiger partial charge in [-0.2, -0.15) is 0 Å². The molecule has 0 unspecified atom stereocenters. The fraction of sp³-hybridized carbons (Fsp3) is 0.412. The molecule has 24 heavy (non-hydrogen) atoms. The Kier molecular flexibility index (Phi) is 5.20. The Morgan fingerprint density at radius 2 is 2.04 bits per heavy atom. The molecule has 0 radical (unpaired) electrons. The molecular formula is C17H23N4OSSi+. The molecular weight excluding hydrogens is 336 g/mol. The predicted octanol–water partition coefficient (Wildman–Crippen LogP) is 2.85. The SMILES string of the molecule is C[C@@H]1CN(c2nccs2)CCN1C(=O)Nc1ccc([Si+](C)C)cc1. The first kappa shape index (κ1) is 17.0. The highest BCUT2D eigenvalue weighted by Crippen LogP contribution is 2.21. The van der Waals surface area contributed by atoms with Gasteiger partial charge in [-0.1, -0.05) is 0 Å². The molecule has 2 aromatic rings. The zero-order chi connectivity index (χ0) is 17.1. The summed E-state index contributed by atoms with van der Waals surface area (Å²) in [6.07, 6.45) is 1.83. The van der Waals surface area contributed by atoms with Crippen molar-refractivity contribution in [2.24, 2.45) is 0 Å². The molecule has 1 aliphatic rings. The number of anilines is 2. The predicted molar refractivity (Wildman–Crippen MR) is 103 cm³/mol. The molecule has 1 aromatic heterocycles. The number of rotatable bonds is 3. The Balaban J connectivity index is 1.59. The Morgan fingerprint density at radius 1 is 1.29 bits per heavy atom. The summed E-state index contributed by atoms with van der Waals surface area (Å²) in [4.78, 5) is 21.1. The van der Waals surface area contributed by atoms with E-state index in [1.54, 1.807) is 11.3 Å². The van der Waals surface area contributed by atoms with E-state index in [9.17, 15) is 4.79 Å². The molecule has 126 valence electrons. The lowest BCUT2D eigenvalue weighted by Gasteiger charge is -2.39. The van der Waals surface area contributed by atoms with Gasteiger partial charge in [-0.15, -0.1) is 11.3 Å². The first-order valence-electron chi connectivity index (χ1n) is 8.17. The average molecular weight is 360 g/mol. The van der Waals surface area contributed by atoms with Crippen molar-refractivity contribution in [1.82, 2.24) is 9.88 Å². The van der Waals surface area contributed by atoms with E-state index in [1.807, 2.05) is 28.6 Å². The molecule has 0 spiro atoms. The van der Waals surface area contributed by atoms with Gasteiger partial charge in [0.2, 0.25) is 0 Å². The molecule has 2 amide bonds. The highest BCUT2D eigenvalue weighted by atomic mass is 32.1. The highest BCUT2D eigenvalue weighted by Gasteiger charge is 2.28. The summed E-state index contributed by atoms with van der Waals surface area (Å²) in [5.74, 6) is 0. The molecule has 1 atom stereocenters. The van der Waals surface area contributed by atoms with Crippen molar-refractivity contribution in [3.05, 3.63) is 35.8 Å². The summed E-state index contributed by atoms with van der Waals surface area (Å²) in [7, 11) is -0.446. The second kappa shape index (κ2) is 7.35. The molecule has 1 fully saturated rings. The van der Waals surface area contributed by atoms with E-state index in [0.717, 1.165) is 23.9 Å². The Hall–Kier alpha value is -1.86. The molecule has 1 aromatic carbocycles. The van der Waals surface area contributed by atoms with Crippen molar-refractivity contribution in [1.29, 1.82) is 0 Å². The number of hydrogen-bond donors (Lipinski definition) is 1. The molecule has 0 saturated carbocycles. The monoisotopic (exact) mass is 359 g/mol. The summed E-state index contributed by atoms with van der Waals surface area (Å²) in [5, 5.41) is 7.43. The van der Waals surface area contributed by atoms with Gasteiger partial charge < -0.3 is 15.1 Å². The van der Waals surface area contributed by atoms with Crippen LogP contribution in [0.25, 0.3) is 0 Å². The van der Waals surface area contributed by atoms with E-state index < -0.39 is 8.80 Å². The van der Waals surface area contributed by atoms with Gasteiger partial charge in [0.1, 0.15) is 0 Å². The van der Waals surface area contributed by atoms with Crippen LogP contribution in [0.2, 0.25) is 13.1 Å². The number of thiazole rings is 1. The van der Waals surface area contributed by atoms with Crippen LogP contribution >= 0.6 is 11.3 Å². The van der Waals surface area contributed by atoms with Gasteiger partial charge in [0, 0.05) is 42.9 Å². The summed E-state index contributed by atoms with van der Waals surface area (Å²) < 4.78 is 0. The number of nitrogens with one attached hydrogen (secondary N) is 1. The third-order valence-electron chi connectivity index (χ3n) is 4.29. The van der Waals surface area contributed by atoms with Crippen molar-refractivity contribution in [3.8, 4) is 0 Å². The van der Waals surface area contributed by atoms with Gasteiger partial charge in [0.25, 0.3) is 0 Å². The van der Waals surface area contributed by atoms with E-state index >= 15 is 0 Å². The van der Waals surface area contributed by atoms with Gasteiger partial charge in [-0.05, 0) is 31.2 Å². The maximum atomic E-state index is 12.6. The van der Waals surface area contributed by atoms with Gasteiger partial charge in [0.15, 0.2) is 5.13 Å². The van der Waals surface area contributed by atoms with Crippen LogP contribution in [0, 0.1) is 0 Å². The van der Waals surface area contributed by atoms with E-state index in [0.29, 0.717) is 6.54 Å². The van der Waals surface area contributed by atoms with E-state index in [2.05, 4.69) is 47.4 Å². The largest absolute Gasteiger partial charge is 0.345 e. The first-order valence-corrected chi connectivity index (χ1v) is 11.5. The fourth-order valence-corrected chi connectivity index (χ4v) is 4.40. The number of carbonyl (C=O) groups is 1. The molecule has 5 nitrogen and oxygen atoms in total. The van der Waals surface area contributed by atoms with Crippen molar-refractivity contribution in [2.75, 3.05) is 29.9 Å². The molecule has 2 heterocycles. The van der Waals surface area contributed by atoms with E-state index in [-0.39, 0.29) is 12.1 Å². The number of amides is 2. The van der Waals surface area contributed by atoms with Crippen molar-refractivity contribution < 1.29 is 4.79 Å². The molecule has 1 N–H and O–H groups in total. The Morgan fingerprint density at radius 3 is 2.62 bits per heavy atom. The quantitative estimate of drug-likeness (QED) is 0.857. The van der Waals surface area contributed by atoms with Crippen LogP contribution in [-0.2, 0) is 0 Å². The van der Waals surface area contributed by atoms with Crippen LogP contribution in [0.3, 0.4) is 0 Å². The number of nitrogens with zero attached hydrogens (tertiary/aromatic N) is 3. The van der Waals surface area contributed by atoms with Crippen LogP contribution in [-0.4, -0.2) is 50.4 Å². The van der Waals surface area contributed by atoms with Crippen molar-refractivity contribution in [2.45, 2.75) is 26.1 Å². The third-order valence-corrected chi connectivity index (χ3v) is 6.61. The number of aromatic nitrogens is 1. The molecule has 1 saturated heterocycles. The zero-order valence-corrected chi connectivity index (χ0v) is 16.1. The van der Waals surface area contributed by atoms with Crippen LogP contribution in [0.1, 0.15) is 6.92 Å². The lowest BCUT2D eigenvalue weighted by atomic mass is 10.2. The van der Waals surface area contributed by atoms with Gasteiger partial charge >= 0.3 is 14.8 Å². The Labute approximate surface area is 148 Å². The minimum Gasteiger partial charge on any atom is -0.344 e. The summed E-state index contributed by atoms with van der Waals surface area (Å²) in [6, 6.07) is 8.38. The zero-order valence-electron chi connectivity index (χ0n) is 14.3. The first-order chi connectivity index (χ1) is 11.5. The molecule has 0 bridgehead atoms. The van der Waals surface area contributed by atoms with Crippen molar-refractivity contribution in [3.63, 3.8) is 0 Å². The summed E-state index contributed by atoms with van der Waals surface area (Å²) >= 11 is 1.65. The lowest BCUT2D eigenvalue weighted by Crippen LogP contribution is -2.55.